The monoisotopic (exact) mass is 1300 g/mol. The number of piperidine rings is 4. The van der Waals surface area contributed by atoms with E-state index >= 15 is 0 Å². The molecule has 456 valence electrons. The summed E-state index contributed by atoms with van der Waals surface area (Å²) < 4.78 is 3.34. The lowest BCUT2D eigenvalue weighted by molar-refractivity contribution is -0.128. The van der Waals surface area contributed by atoms with Gasteiger partial charge < -0.3 is 39.2 Å². The second-order valence-corrected chi connectivity index (χ2v) is 31.6. The topological polar surface area (TPSA) is 94.2 Å². The van der Waals surface area contributed by atoms with Crippen LogP contribution < -0.4 is 0 Å². The molecule has 8 aliphatic heterocycles. The molecule has 8 aliphatic rings. The fourth-order valence-corrected chi connectivity index (χ4v) is 20.1. The Labute approximate surface area is 535 Å². The molecule has 12 rings (SSSR count). The van der Waals surface area contributed by atoms with E-state index in [9.17, 15) is 19.2 Å². The molecule has 84 heavy (non-hydrogen) atoms. The van der Waals surface area contributed by atoms with Gasteiger partial charge in [0.2, 0.25) is 23.6 Å². The van der Waals surface area contributed by atoms with Gasteiger partial charge in [0.25, 0.3) is 0 Å². The molecule has 0 radical (unpaired) electrons. The van der Waals surface area contributed by atoms with Crippen LogP contribution in [-0.2, 0) is 45.4 Å². The van der Waals surface area contributed by atoms with Gasteiger partial charge in [-0.1, -0.05) is 72.7 Å². The van der Waals surface area contributed by atoms with E-state index < -0.39 is 0 Å². The van der Waals surface area contributed by atoms with Gasteiger partial charge >= 0.3 is 0 Å². The number of carbonyl (C=O) groups excluding carboxylic acids is 4. The van der Waals surface area contributed by atoms with Crippen LogP contribution in [-0.4, -0.2) is 170 Å². The lowest BCUT2D eigenvalue weighted by Crippen LogP contribution is -2.43. The van der Waals surface area contributed by atoms with Crippen molar-refractivity contribution >= 4 is 115 Å². The Kier molecular flexibility index (Phi) is 23.1. The largest absolute Gasteiger partial charge is 0.333 e. The molecule has 0 aliphatic carbocycles. The van der Waals surface area contributed by atoms with Crippen molar-refractivity contribution in [3.63, 3.8) is 0 Å². The predicted molar refractivity (Wildman–Crippen MR) is 352 cm³/mol. The Morgan fingerprint density at radius 2 is 0.583 bits per heavy atom. The zero-order valence-corrected chi connectivity index (χ0v) is 55.7. The summed E-state index contributed by atoms with van der Waals surface area (Å²) in [6.07, 6.45) is 15.6. The predicted octanol–water partition coefficient (Wildman–Crippen LogP) is 13.4. The van der Waals surface area contributed by atoms with Crippen LogP contribution >= 0.6 is 91.8 Å². The third-order valence-corrected chi connectivity index (χ3v) is 23.8. The van der Waals surface area contributed by atoms with Crippen LogP contribution in [0, 0.1) is 23.7 Å². The van der Waals surface area contributed by atoms with Gasteiger partial charge in [-0.3, -0.25) is 19.2 Å². The van der Waals surface area contributed by atoms with E-state index in [-0.39, 0.29) is 23.6 Å². The van der Waals surface area contributed by atoms with Crippen LogP contribution in [0.15, 0.2) is 74.9 Å². The summed E-state index contributed by atoms with van der Waals surface area (Å²) >= 11 is 31.4. The molecule has 12 nitrogen and oxygen atoms in total. The first kappa shape index (κ1) is 65.1. The molecule has 0 N–H and O–H groups in total. The lowest BCUT2D eigenvalue weighted by Gasteiger charge is -2.40. The summed E-state index contributed by atoms with van der Waals surface area (Å²) in [5.74, 6) is 4.16. The Morgan fingerprint density at radius 1 is 0.381 bits per heavy atom. The minimum Gasteiger partial charge on any atom is -0.333 e. The highest BCUT2D eigenvalue weighted by Gasteiger charge is 2.40. The quantitative estimate of drug-likeness (QED) is 0.161. The summed E-state index contributed by atoms with van der Waals surface area (Å²) in [6, 6.07) is 8.49. The van der Waals surface area contributed by atoms with E-state index in [0.29, 0.717) is 73.5 Å². The Balaban J connectivity index is 0.000000134. The highest BCUT2D eigenvalue weighted by Crippen LogP contribution is 2.47. The van der Waals surface area contributed by atoms with Crippen LogP contribution in [0.3, 0.4) is 0 Å². The fraction of sp³-hybridized carbons (Fsp3) is 0.562. The standard InChI is InChI=1S/4C16H21ClN2OS/c4*1-3-16(20)19-9-13(11-5-4-6-18(2)8-11)12-7-15(17)21-14(12)10-19/h4*3,7,11,13H,1,4-6,8-10H2,2H3/t2*11-,13+;2*11-,13-/m1010/s1. The molecular formula is C64H84Cl4N8O4S4. The maximum atomic E-state index is 12.0. The Hall–Kier alpha value is -3.36. The first-order valence-corrected chi connectivity index (χ1v) is 34.6. The van der Waals surface area contributed by atoms with E-state index in [0.717, 1.165) is 69.7 Å². The summed E-state index contributed by atoms with van der Waals surface area (Å²) in [7, 11) is 8.73. The molecule has 0 bridgehead atoms. The summed E-state index contributed by atoms with van der Waals surface area (Å²) in [4.78, 5) is 70.4. The minimum atomic E-state index is 0.0272. The van der Waals surface area contributed by atoms with Crippen molar-refractivity contribution in [2.75, 3.05) is 107 Å². The average Bonchev–Trinajstić information content (AvgIpc) is 4.22. The number of hydrogen-bond acceptors (Lipinski definition) is 12. The van der Waals surface area contributed by atoms with Crippen LogP contribution in [0.5, 0.6) is 0 Å². The van der Waals surface area contributed by atoms with Gasteiger partial charge in [-0.15, -0.1) is 45.3 Å². The number of amides is 4. The molecule has 4 saturated heterocycles. The smallest absolute Gasteiger partial charge is 0.246 e. The molecule has 12 heterocycles. The van der Waals surface area contributed by atoms with E-state index in [1.165, 1.54) is 144 Å². The van der Waals surface area contributed by atoms with Crippen molar-refractivity contribution in [3.05, 3.63) is 134 Å². The van der Waals surface area contributed by atoms with Crippen molar-refractivity contribution < 1.29 is 19.2 Å². The molecule has 4 amide bonds. The van der Waals surface area contributed by atoms with E-state index in [1.54, 1.807) is 45.3 Å². The fourth-order valence-electron chi connectivity index (χ4n) is 14.6. The van der Waals surface area contributed by atoms with Crippen molar-refractivity contribution in [1.82, 2.24) is 39.2 Å². The number of rotatable bonds is 8. The maximum absolute atomic E-state index is 12.0. The van der Waals surface area contributed by atoms with Crippen molar-refractivity contribution in [2.24, 2.45) is 23.7 Å². The molecule has 0 saturated carbocycles. The number of thiophene rings is 4. The van der Waals surface area contributed by atoms with Crippen LogP contribution in [0.25, 0.3) is 0 Å². The normalized spacial score (nSPS) is 26.5. The SMILES string of the molecule is C=CC(=O)N1Cc2sc(Cl)cc2[C@@H]([C@@H]2CCCN(C)C2)C1.C=CC(=O)N1Cc2sc(Cl)cc2[C@@H]([C@H]2CCCN(C)C2)C1.C=CC(=O)N1Cc2sc(Cl)cc2[C@H]([C@@H]2CCCN(C)C2)C1.C=CC(=O)N1Cc2sc(Cl)cc2[C@H]([C@H]2CCCN(C)C2)C1. The van der Waals surface area contributed by atoms with E-state index in [4.69, 9.17) is 46.4 Å². The van der Waals surface area contributed by atoms with Gasteiger partial charge in [0.1, 0.15) is 0 Å². The van der Waals surface area contributed by atoms with Gasteiger partial charge in [-0.05, 0) is 200 Å². The zero-order valence-electron chi connectivity index (χ0n) is 49.4. The second-order valence-electron chi connectivity index (χ2n) is 24.5. The van der Waals surface area contributed by atoms with Crippen molar-refractivity contribution in [2.45, 2.75) is 101 Å². The number of hydrogen-bond donors (Lipinski definition) is 0. The summed E-state index contributed by atoms with van der Waals surface area (Å²) in [6.45, 7) is 29.5. The highest BCUT2D eigenvalue weighted by molar-refractivity contribution is 7.17. The zero-order chi connectivity index (χ0) is 59.9. The van der Waals surface area contributed by atoms with E-state index in [1.807, 2.05) is 19.6 Å². The Bertz CT molecular complexity index is 2620. The van der Waals surface area contributed by atoms with Crippen LogP contribution in [0.4, 0.5) is 0 Å². The molecule has 0 unspecified atom stereocenters. The van der Waals surface area contributed by atoms with Crippen molar-refractivity contribution in [1.29, 1.82) is 0 Å². The number of fused-ring (bicyclic) bond motifs is 4. The maximum Gasteiger partial charge on any atom is 0.246 e. The molecule has 20 heteroatoms. The van der Waals surface area contributed by atoms with Gasteiger partial charge in [0, 0.05) is 95.5 Å². The first-order chi connectivity index (χ1) is 40.3. The highest BCUT2D eigenvalue weighted by atomic mass is 35.5. The van der Waals surface area contributed by atoms with Gasteiger partial charge in [0.15, 0.2) is 0 Å². The van der Waals surface area contributed by atoms with Crippen LogP contribution in [0.1, 0.15) is 117 Å². The molecule has 4 aromatic heterocycles. The van der Waals surface area contributed by atoms with Gasteiger partial charge in [-0.2, -0.15) is 0 Å². The third-order valence-electron chi connectivity index (χ3n) is 18.7. The average molecular weight is 1300 g/mol. The molecule has 4 fully saturated rings. The first-order valence-electron chi connectivity index (χ1n) is 29.8. The summed E-state index contributed by atoms with van der Waals surface area (Å²) in [5.41, 5.74) is 5.49. The molecule has 0 aromatic carbocycles. The third kappa shape index (κ3) is 15.9. The molecule has 4 aromatic rings. The number of carbonyl (C=O) groups is 4. The number of halogens is 4. The lowest BCUT2D eigenvalue weighted by atomic mass is 9.79. The van der Waals surface area contributed by atoms with Crippen molar-refractivity contribution in [3.8, 4) is 0 Å². The van der Waals surface area contributed by atoms with Gasteiger partial charge in [0.05, 0.1) is 43.5 Å². The molecule has 0 spiro atoms. The number of nitrogens with zero attached hydrogens (tertiary/aromatic N) is 8. The van der Waals surface area contributed by atoms with Gasteiger partial charge in [-0.25, -0.2) is 0 Å². The Morgan fingerprint density at radius 3 is 0.762 bits per heavy atom. The summed E-state index contributed by atoms with van der Waals surface area (Å²) in [5, 5.41) is 0. The van der Waals surface area contributed by atoms with Crippen LogP contribution in [0.2, 0.25) is 17.3 Å². The second kappa shape index (κ2) is 29.8. The molecular weight excluding hydrogens is 1210 g/mol. The molecule has 8 atom stereocenters. The minimum absolute atomic E-state index is 0.0272. The number of likely N-dealkylation sites (tertiary alicyclic amines) is 4. The van der Waals surface area contributed by atoms with E-state index in [2.05, 4.69) is 98.4 Å².